The first-order chi connectivity index (χ1) is 14.3. The highest BCUT2D eigenvalue weighted by atomic mass is 16.6. The molecule has 0 saturated carbocycles. The van der Waals surface area contributed by atoms with E-state index in [1.54, 1.807) is 21.3 Å². The molecule has 2 fully saturated rings. The Morgan fingerprint density at radius 2 is 1.83 bits per heavy atom. The Morgan fingerprint density at radius 1 is 1.13 bits per heavy atom. The van der Waals surface area contributed by atoms with Gasteiger partial charge in [0.05, 0.1) is 30.5 Å². The van der Waals surface area contributed by atoms with Gasteiger partial charge >= 0.3 is 0 Å². The van der Waals surface area contributed by atoms with E-state index < -0.39 is 6.10 Å². The van der Waals surface area contributed by atoms with E-state index in [1.165, 1.54) is 0 Å². The van der Waals surface area contributed by atoms with Crippen molar-refractivity contribution in [3.05, 3.63) is 23.8 Å². The molecule has 0 aromatic heterocycles. The van der Waals surface area contributed by atoms with Crippen LogP contribution in [0.1, 0.15) is 47.5 Å². The van der Waals surface area contributed by atoms with Gasteiger partial charge in [-0.3, -0.25) is 0 Å². The summed E-state index contributed by atoms with van der Waals surface area (Å²) in [6.07, 6.45) is 7.22. The summed E-state index contributed by atoms with van der Waals surface area (Å²) in [5.74, 6) is 0.248. The lowest BCUT2D eigenvalue weighted by molar-refractivity contribution is -0.170. The average molecular weight is 427 g/mol. The number of ether oxygens (including phenoxy) is 5. The van der Waals surface area contributed by atoms with Crippen LogP contribution in [0, 0.1) is 11.8 Å². The summed E-state index contributed by atoms with van der Waals surface area (Å²) in [5, 5.41) is 10.7. The number of hydrogen-bond donors (Lipinski definition) is 1. The predicted molar refractivity (Wildman–Crippen MR) is 118 cm³/mol. The Morgan fingerprint density at radius 3 is 2.40 bits per heavy atom. The van der Waals surface area contributed by atoms with E-state index in [-0.39, 0.29) is 54.6 Å². The van der Waals surface area contributed by atoms with Crippen LogP contribution in [-0.2, 0) is 23.7 Å². The van der Waals surface area contributed by atoms with Gasteiger partial charge in [0.2, 0.25) is 0 Å². The van der Waals surface area contributed by atoms with E-state index >= 15 is 0 Å². The van der Waals surface area contributed by atoms with Crippen LogP contribution < -0.4 is 0 Å². The molecule has 2 saturated heterocycles. The minimum absolute atomic E-state index is 0.0156. The van der Waals surface area contributed by atoms with Gasteiger partial charge in [0, 0.05) is 39.6 Å². The largest absolute Gasteiger partial charge is 0.390 e. The number of epoxide rings is 1. The molecule has 6 nitrogen and oxygen atoms in total. The van der Waals surface area contributed by atoms with Crippen molar-refractivity contribution in [1.82, 2.24) is 0 Å². The van der Waals surface area contributed by atoms with Crippen LogP contribution in [0.15, 0.2) is 23.8 Å². The van der Waals surface area contributed by atoms with Gasteiger partial charge in [0.15, 0.2) is 0 Å². The molecule has 2 aliphatic heterocycles. The zero-order valence-corrected chi connectivity index (χ0v) is 19.9. The molecule has 0 amide bonds. The van der Waals surface area contributed by atoms with Gasteiger partial charge in [0.25, 0.3) is 0 Å². The molecule has 10 atom stereocenters. The average Bonchev–Trinajstić information content (AvgIpc) is 3.53. The summed E-state index contributed by atoms with van der Waals surface area (Å²) in [4.78, 5) is 0. The number of hydrogen-bond acceptors (Lipinski definition) is 6. The summed E-state index contributed by atoms with van der Waals surface area (Å²) >= 11 is 0. The first kappa shape index (κ1) is 25.5. The number of allylic oxidation sites excluding steroid dienone is 2. The van der Waals surface area contributed by atoms with Gasteiger partial charge in [-0.15, -0.1) is 0 Å². The second kappa shape index (κ2) is 11.7. The zero-order valence-electron chi connectivity index (χ0n) is 19.9. The molecule has 0 unspecified atom stereocenters. The van der Waals surface area contributed by atoms with E-state index in [1.807, 2.05) is 32.1 Å². The van der Waals surface area contributed by atoms with Crippen LogP contribution >= 0.6 is 0 Å². The van der Waals surface area contributed by atoms with Gasteiger partial charge in [-0.2, -0.15) is 0 Å². The van der Waals surface area contributed by atoms with Crippen LogP contribution in [0.5, 0.6) is 0 Å². The number of aliphatic hydroxyl groups is 1. The van der Waals surface area contributed by atoms with E-state index in [0.717, 1.165) is 18.4 Å². The Balaban J connectivity index is 1.94. The fourth-order valence-corrected chi connectivity index (χ4v) is 4.60. The van der Waals surface area contributed by atoms with Gasteiger partial charge < -0.3 is 28.8 Å². The molecule has 1 N–H and O–H groups in total. The van der Waals surface area contributed by atoms with E-state index in [4.69, 9.17) is 23.7 Å². The van der Waals surface area contributed by atoms with Gasteiger partial charge in [-0.25, -0.2) is 0 Å². The van der Waals surface area contributed by atoms with Crippen LogP contribution in [0.25, 0.3) is 0 Å². The molecule has 0 bridgehead atoms. The van der Waals surface area contributed by atoms with Crippen LogP contribution in [0.2, 0.25) is 0 Å². The highest BCUT2D eigenvalue weighted by molar-refractivity contribution is 5.18. The highest BCUT2D eigenvalue weighted by Crippen LogP contribution is 2.37. The zero-order chi connectivity index (χ0) is 22.4. The summed E-state index contributed by atoms with van der Waals surface area (Å²) in [5.41, 5.74) is 1.08. The first-order valence-corrected chi connectivity index (χ1v) is 11.2. The maximum absolute atomic E-state index is 10.7. The van der Waals surface area contributed by atoms with Gasteiger partial charge in [-0.05, 0) is 25.8 Å². The van der Waals surface area contributed by atoms with Crippen LogP contribution in [0.4, 0.5) is 0 Å². The molecule has 174 valence electrons. The molecule has 0 aromatic carbocycles. The van der Waals surface area contributed by atoms with Crippen molar-refractivity contribution >= 4 is 0 Å². The lowest BCUT2D eigenvalue weighted by atomic mass is 9.91. The third kappa shape index (κ3) is 6.15. The normalized spacial score (nSPS) is 36.5. The molecule has 2 aliphatic rings. The molecule has 6 heteroatoms. The van der Waals surface area contributed by atoms with E-state index in [9.17, 15) is 5.11 Å². The molecular weight excluding hydrogens is 384 g/mol. The summed E-state index contributed by atoms with van der Waals surface area (Å²) in [6.45, 7) is 10.4. The highest BCUT2D eigenvalue weighted by Gasteiger charge is 2.50. The van der Waals surface area contributed by atoms with Crippen molar-refractivity contribution in [2.24, 2.45) is 11.8 Å². The molecule has 2 rings (SSSR count). The molecular formula is C24H42O6. The fourth-order valence-electron chi connectivity index (χ4n) is 4.60. The second-order valence-corrected chi connectivity index (χ2v) is 8.83. The molecule has 30 heavy (non-hydrogen) atoms. The van der Waals surface area contributed by atoms with E-state index in [2.05, 4.69) is 20.8 Å². The lowest BCUT2D eigenvalue weighted by Gasteiger charge is -2.40. The minimum atomic E-state index is -0.535. The Bertz CT molecular complexity index is 572. The quantitative estimate of drug-likeness (QED) is 0.403. The molecule has 0 spiro atoms. The molecule has 0 aliphatic carbocycles. The second-order valence-electron chi connectivity index (χ2n) is 8.83. The molecule has 0 radical (unpaired) electrons. The predicted octanol–water partition coefficient (Wildman–Crippen LogP) is 3.52. The third-order valence-corrected chi connectivity index (χ3v) is 6.65. The Hall–Kier alpha value is -0.760. The number of methoxy groups -OCH3 is 3. The standard InChI is InChI=1S/C24H42O6/c1-9-18(26-6)17(5)22-24(30-22)20(25)14(2)11-10-12-15(3)21-23(28-8)19(27-7)13-16(4)29-21/h10-12,14,16-25H,9,13H2,1-8H3/b11-10+,15-12+/t14-,16-,17+,18-,19+,20+,21-,22+,23-,24+/m0/s1. The van der Waals surface area contributed by atoms with Crippen LogP contribution in [0.3, 0.4) is 0 Å². The SMILES string of the molecule is CC[C@H](OC)[C@@H](C)[C@H]1O[C@@H]1[C@H](O)[C@@H](C)/C=C/C=C(\C)[C@@H]1O[C@@H](C)C[C@@H](OC)[C@@H]1OC. The van der Waals surface area contributed by atoms with Crippen molar-refractivity contribution in [2.75, 3.05) is 21.3 Å². The van der Waals surface area contributed by atoms with E-state index in [0.29, 0.717) is 0 Å². The van der Waals surface area contributed by atoms with Crippen molar-refractivity contribution in [3.63, 3.8) is 0 Å². The fraction of sp³-hybridized carbons (Fsp3) is 0.833. The summed E-state index contributed by atoms with van der Waals surface area (Å²) in [6, 6.07) is 0. The van der Waals surface area contributed by atoms with Gasteiger partial charge in [0.1, 0.15) is 18.3 Å². The van der Waals surface area contributed by atoms with Crippen molar-refractivity contribution in [2.45, 2.75) is 96.3 Å². The third-order valence-electron chi connectivity index (χ3n) is 6.65. The number of rotatable bonds is 11. The maximum Gasteiger partial charge on any atom is 0.113 e. The minimum Gasteiger partial charge on any atom is -0.390 e. The van der Waals surface area contributed by atoms with Crippen LogP contribution in [-0.4, -0.2) is 75.3 Å². The maximum atomic E-state index is 10.7. The number of aliphatic hydroxyl groups excluding tert-OH is 1. The lowest BCUT2D eigenvalue weighted by Crippen LogP contribution is -2.49. The smallest absolute Gasteiger partial charge is 0.113 e. The van der Waals surface area contributed by atoms with Crippen molar-refractivity contribution in [1.29, 1.82) is 0 Å². The molecule has 0 aromatic rings. The van der Waals surface area contributed by atoms with Crippen molar-refractivity contribution < 1.29 is 28.8 Å². The Labute approximate surface area is 182 Å². The summed E-state index contributed by atoms with van der Waals surface area (Å²) in [7, 11) is 5.15. The first-order valence-electron chi connectivity index (χ1n) is 11.2. The van der Waals surface area contributed by atoms with Gasteiger partial charge in [-0.1, -0.05) is 39.0 Å². The molecule has 2 heterocycles. The van der Waals surface area contributed by atoms with Crippen molar-refractivity contribution in [3.8, 4) is 0 Å². The summed E-state index contributed by atoms with van der Waals surface area (Å²) < 4.78 is 28.7. The Kier molecular flexibility index (Phi) is 9.98. The monoisotopic (exact) mass is 426 g/mol. The topological polar surface area (TPSA) is 69.7 Å².